The SMILES string of the molecule is COc1cc(Cl)ccc1C(=O)NNC(=O)c1cc2ccccc2n1C. The highest BCUT2D eigenvalue weighted by atomic mass is 35.5. The van der Waals surface area contributed by atoms with Crippen LogP contribution in [0, 0.1) is 0 Å². The Morgan fingerprint density at radius 3 is 2.48 bits per heavy atom. The quantitative estimate of drug-likeness (QED) is 0.708. The molecule has 1 aromatic heterocycles. The Labute approximate surface area is 149 Å². The van der Waals surface area contributed by atoms with Crippen LogP contribution in [0.15, 0.2) is 48.5 Å². The van der Waals surface area contributed by atoms with Gasteiger partial charge < -0.3 is 9.30 Å². The fourth-order valence-corrected chi connectivity index (χ4v) is 2.77. The molecule has 0 aliphatic carbocycles. The van der Waals surface area contributed by atoms with Crippen LogP contribution >= 0.6 is 11.6 Å². The fourth-order valence-electron chi connectivity index (χ4n) is 2.60. The third-order valence-electron chi connectivity index (χ3n) is 3.88. The van der Waals surface area contributed by atoms with E-state index in [2.05, 4.69) is 10.9 Å². The van der Waals surface area contributed by atoms with E-state index in [1.54, 1.807) is 23.7 Å². The summed E-state index contributed by atoms with van der Waals surface area (Å²) in [6.45, 7) is 0. The van der Waals surface area contributed by atoms with Gasteiger partial charge in [-0.3, -0.25) is 20.4 Å². The van der Waals surface area contributed by atoms with Gasteiger partial charge in [0.1, 0.15) is 11.4 Å². The standard InChI is InChI=1S/C18H16ClN3O3/c1-22-14-6-4-3-5-11(14)9-15(22)18(24)21-20-17(23)13-8-7-12(19)10-16(13)25-2/h3-10H,1-2H3,(H,20,23)(H,21,24). The molecule has 6 nitrogen and oxygen atoms in total. The van der Waals surface area contributed by atoms with Crippen molar-refractivity contribution in [2.45, 2.75) is 0 Å². The number of hydrogen-bond donors (Lipinski definition) is 2. The second-order valence-corrected chi connectivity index (χ2v) is 5.84. The van der Waals surface area contributed by atoms with Gasteiger partial charge in [-0.2, -0.15) is 0 Å². The first-order chi connectivity index (χ1) is 12.0. The number of fused-ring (bicyclic) bond motifs is 1. The number of methoxy groups -OCH3 is 1. The summed E-state index contributed by atoms with van der Waals surface area (Å²) in [5, 5.41) is 1.40. The van der Waals surface area contributed by atoms with Crippen molar-refractivity contribution in [3.63, 3.8) is 0 Å². The predicted octanol–water partition coefficient (Wildman–Crippen LogP) is 2.92. The van der Waals surface area contributed by atoms with Crippen molar-refractivity contribution in [3.05, 3.63) is 64.8 Å². The lowest BCUT2D eigenvalue weighted by molar-refractivity contribution is 0.0840. The maximum Gasteiger partial charge on any atom is 0.286 e. The maximum atomic E-state index is 12.4. The molecule has 1 heterocycles. The zero-order chi connectivity index (χ0) is 18.0. The summed E-state index contributed by atoms with van der Waals surface area (Å²) in [4.78, 5) is 24.7. The number of halogens is 1. The minimum Gasteiger partial charge on any atom is -0.496 e. The molecule has 128 valence electrons. The van der Waals surface area contributed by atoms with E-state index in [0.29, 0.717) is 16.5 Å². The van der Waals surface area contributed by atoms with Crippen molar-refractivity contribution in [1.82, 2.24) is 15.4 Å². The average molecular weight is 358 g/mol. The molecule has 2 aromatic carbocycles. The first kappa shape index (κ1) is 16.9. The van der Waals surface area contributed by atoms with Crippen LogP contribution in [0.2, 0.25) is 5.02 Å². The van der Waals surface area contributed by atoms with Crippen LogP contribution in [-0.2, 0) is 7.05 Å². The molecule has 0 spiro atoms. The Hall–Kier alpha value is -2.99. The highest BCUT2D eigenvalue weighted by Gasteiger charge is 2.16. The number of benzene rings is 2. The number of aryl methyl sites for hydroxylation is 1. The van der Waals surface area contributed by atoms with E-state index in [-0.39, 0.29) is 5.56 Å². The zero-order valence-electron chi connectivity index (χ0n) is 13.7. The van der Waals surface area contributed by atoms with Gasteiger partial charge in [0.05, 0.1) is 12.7 Å². The smallest absolute Gasteiger partial charge is 0.286 e. The van der Waals surface area contributed by atoms with Crippen molar-refractivity contribution in [1.29, 1.82) is 0 Å². The highest BCUT2D eigenvalue weighted by Crippen LogP contribution is 2.23. The van der Waals surface area contributed by atoms with Crippen LogP contribution < -0.4 is 15.6 Å². The third kappa shape index (κ3) is 3.29. The predicted molar refractivity (Wildman–Crippen MR) is 95.9 cm³/mol. The number of carbonyl (C=O) groups is 2. The largest absolute Gasteiger partial charge is 0.496 e. The van der Waals surface area contributed by atoms with Gasteiger partial charge in [0.2, 0.25) is 0 Å². The van der Waals surface area contributed by atoms with Crippen molar-refractivity contribution < 1.29 is 14.3 Å². The number of nitrogens with one attached hydrogen (secondary N) is 2. The molecule has 0 bridgehead atoms. The lowest BCUT2D eigenvalue weighted by Crippen LogP contribution is -2.42. The van der Waals surface area contributed by atoms with Gasteiger partial charge in [0.25, 0.3) is 11.8 Å². The molecule has 0 aliphatic heterocycles. The topological polar surface area (TPSA) is 72.4 Å². The van der Waals surface area contributed by atoms with Gasteiger partial charge in [-0.05, 0) is 30.3 Å². The molecule has 0 saturated carbocycles. The maximum absolute atomic E-state index is 12.4. The number of hydrazine groups is 1. The molecule has 0 unspecified atom stereocenters. The van der Waals surface area contributed by atoms with Crippen molar-refractivity contribution in [2.24, 2.45) is 7.05 Å². The van der Waals surface area contributed by atoms with Crippen LogP contribution in [0.5, 0.6) is 5.75 Å². The number of hydrogen-bond acceptors (Lipinski definition) is 3. The van der Waals surface area contributed by atoms with Gasteiger partial charge in [-0.15, -0.1) is 0 Å². The van der Waals surface area contributed by atoms with Gasteiger partial charge in [0.15, 0.2) is 0 Å². The summed E-state index contributed by atoms with van der Waals surface area (Å²) < 4.78 is 6.90. The van der Waals surface area contributed by atoms with E-state index in [4.69, 9.17) is 16.3 Å². The molecule has 3 rings (SSSR count). The van der Waals surface area contributed by atoms with E-state index in [0.717, 1.165) is 10.9 Å². The average Bonchev–Trinajstić information content (AvgIpc) is 2.96. The van der Waals surface area contributed by atoms with E-state index in [1.807, 2.05) is 24.3 Å². The van der Waals surface area contributed by atoms with Crippen molar-refractivity contribution >= 4 is 34.3 Å². The molecule has 0 fully saturated rings. The van der Waals surface area contributed by atoms with Crippen molar-refractivity contribution in [2.75, 3.05) is 7.11 Å². The molecule has 25 heavy (non-hydrogen) atoms. The van der Waals surface area contributed by atoms with Gasteiger partial charge in [-0.25, -0.2) is 0 Å². The Balaban J connectivity index is 1.75. The summed E-state index contributed by atoms with van der Waals surface area (Å²) in [6.07, 6.45) is 0. The minimum atomic E-state index is -0.499. The fraction of sp³-hybridized carbons (Fsp3) is 0.111. The second-order valence-electron chi connectivity index (χ2n) is 5.40. The van der Waals surface area contributed by atoms with E-state index in [9.17, 15) is 9.59 Å². The van der Waals surface area contributed by atoms with Crippen LogP contribution in [0.4, 0.5) is 0 Å². The van der Waals surface area contributed by atoms with Gasteiger partial charge in [0, 0.05) is 23.0 Å². The summed E-state index contributed by atoms with van der Waals surface area (Å²) in [6, 6.07) is 14.0. The number of para-hydroxylation sites is 1. The van der Waals surface area contributed by atoms with E-state index >= 15 is 0 Å². The molecular weight excluding hydrogens is 342 g/mol. The molecular formula is C18H16ClN3O3. The molecule has 0 aliphatic rings. The number of nitrogens with zero attached hydrogens (tertiary/aromatic N) is 1. The van der Waals surface area contributed by atoms with Crippen LogP contribution in [0.3, 0.4) is 0 Å². The van der Waals surface area contributed by atoms with E-state index < -0.39 is 11.8 Å². The molecule has 2 N–H and O–H groups in total. The Morgan fingerprint density at radius 2 is 1.76 bits per heavy atom. The number of aromatic nitrogens is 1. The number of ether oxygens (including phenoxy) is 1. The Kier molecular flexibility index (Phi) is 4.63. The van der Waals surface area contributed by atoms with Crippen molar-refractivity contribution in [3.8, 4) is 5.75 Å². The first-order valence-electron chi connectivity index (χ1n) is 7.50. The summed E-state index contributed by atoms with van der Waals surface area (Å²) >= 11 is 5.88. The Morgan fingerprint density at radius 1 is 1.04 bits per heavy atom. The van der Waals surface area contributed by atoms with Crippen LogP contribution in [0.1, 0.15) is 20.8 Å². The van der Waals surface area contributed by atoms with E-state index in [1.165, 1.54) is 19.2 Å². The lowest BCUT2D eigenvalue weighted by atomic mass is 10.2. The number of rotatable bonds is 3. The van der Waals surface area contributed by atoms with Crippen LogP contribution in [0.25, 0.3) is 10.9 Å². The molecule has 0 saturated heterocycles. The summed E-state index contributed by atoms with van der Waals surface area (Å²) in [5.74, 6) is -0.593. The molecule has 3 aromatic rings. The zero-order valence-corrected chi connectivity index (χ0v) is 14.4. The third-order valence-corrected chi connectivity index (χ3v) is 4.12. The molecule has 0 atom stereocenters. The molecule has 7 heteroatoms. The highest BCUT2D eigenvalue weighted by molar-refractivity contribution is 6.30. The normalized spacial score (nSPS) is 10.5. The molecule has 0 radical (unpaired) electrons. The Bertz CT molecular complexity index is 965. The molecule has 2 amide bonds. The number of carbonyl (C=O) groups excluding carboxylic acids is 2. The van der Waals surface area contributed by atoms with Gasteiger partial charge in [-0.1, -0.05) is 29.8 Å². The van der Waals surface area contributed by atoms with Crippen LogP contribution in [-0.4, -0.2) is 23.5 Å². The first-order valence-corrected chi connectivity index (χ1v) is 7.87. The number of amides is 2. The lowest BCUT2D eigenvalue weighted by Gasteiger charge is -2.11. The minimum absolute atomic E-state index is 0.268. The van der Waals surface area contributed by atoms with Gasteiger partial charge >= 0.3 is 0 Å². The second kappa shape index (κ2) is 6.86. The monoisotopic (exact) mass is 357 g/mol. The summed E-state index contributed by atoms with van der Waals surface area (Å²) in [5.41, 5.74) is 6.44. The summed E-state index contributed by atoms with van der Waals surface area (Å²) in [7, 11) is 3.23.